The van der Waals surface area contributed by atoms with Gasteiger partial charge < -0.3 is 4.90 Å². The molecular formula is C13H11Cl2N3OS. The minimum atomic E-state index is 0.241. The van der Waals surface area contributed by atoms with Crippen molar-refractivity contribution in [3.8, 4) is 0 Å². The summed E-state index contributed by atoms with van der Waals surface area (Å²) in [5.74, 6) is 0.353. The first-order valence-corrected chi connectivity index (χ1v) is 8.04. The van der Waals surface area contributed by atoms with Crippen molar-refractivity contribution in [2.75, 3.05) is 4.90 Å². The summed E-state index contributed by atoms with van der Waals surface area (Å²) in [6.07, 6.45) is 3.28. The zero-order chi connectivity index (χ0) is 13.9. The Hall–Kier alpha value is -0.910. The van der Waals surface area contributed by atoms with Crippen LogP contribution < -0.4 is 4.90 Å². The first-order chi connectivity index (χ1) is 9.65. The molecule has 3 heterocycles. The van der Waals surface area contributed by atoms with Crippen molar-refractivity contribution in [2.45, 2.75) is 37.8 Å². The van der Waals surface area contributed by atoms with Gasteiger partial charge in [-0.05, 0) is 18.9 Å². The van der Waals surface area contributed by atoms with Crippen LogP contribution in [0, 0.1) is 0 Å². The lowest BCUT2D eigenvalue weighted by Gasteiger charge is -2.36. The summed E-state index contributed by atoms with van der Waals surface area (Å²) >= 11 is 13.7. The van der Waals surface area contributed by atoms with Crippen LogP contribution >= 0.6 is 34.9 Å². The van der Waals surface area contributed by atoms with Crippen LogP contribution in [0.15, 0.2) is 6.07 Å². The fourth-order valence-corrected chi connectivity index (χ4v) is 4.65. The predicted octanol–water partition coefficient (Wildman–Crippen LogP) is 3.70. The molecule has 4 nitrogen and oxygen atoms in total. The number of halogens is 2. The van der Waals surface area contributed by atoms with Crippen molar-refractivity contribution in [3.05, 3.63) is 16.1 Å². The molecule has 0 spiro atoms. The molecule has 2 bridgehead atoms. The quantitative estimate of drug-likeness (QED) is 0.801. The lowest BCUT2D eigenvalue weighted by molar-refractivity contribution is -0.120. The third-order valence-corrected chi connectivity index (χ3v) is 5.33. The highest BCUT2D eigenvalue weighted by Gasteiger charge is 2.42. The fraction of sp³-hybridized carbons (Fsp3) is 0.462. The molecule has 2 aromatic rings. The summed E-state index contributed by atoms with van der Waals surface area (Å²) in [5, 5.41) is 1.13. The van der Waals surface area contributed by atoms with Gasteiger partial charge >= 0.3 is 0 Å². The van der Waals surface area contributed by atoms with E-state index in [1.165, 1.54) is 0 Å². The molecule has 7 heteroatoms. The van der Waals surface area contributed by atoms with Crippen LogP contribution in [0.2, 0.25) is 10.0 Å². The number of carbonyl (C=O) groups is 1. The Morgan fingerprint density at radius 3 is 2.45 bits per heavy atom. The van der Waals surface area contributed by atoms with Gasteiger partial charge in [0, 0.05) is 24.9 Å². The molecule has 2 unspecified atom stereocenters. The van der Waals surface area contributed by atoms with Gasteiger partial charge in [-0.25, -0.2) is 0 Å². The number of benzene rings is 1. The van der Waals surface area contributed by atoms with Crippen LogP contribution in [-0.2, 0) is 4.79 Å². The highest BCUT2D eigenvalue weighted by atomic mass is 35.5. The van der Waals surface area contributed by atoms with Gasteiger partial charge in [0.25, 0.3) is 0 Å². The Bertz CT molecular complexity index is 701. The predicted molar refractivity (Wildman–Crippen MR) is 81.0 cm³/mol. The number of nitrogens with zero attached hydrogens (tertiary/aromatic N) is 3. The molecule has 0 saturated carbocycles. The van der Waals surface area contributed by atoms with Gasteiger partial charge in [0.15, 0.2) is 0 Å². The molecule has 2 aliphatic rings. The third kappa shape index (κ3) is 1.76. The summed E-state index contributed by atoms with van der Waals surface area (Å²) in [5.41, 5.74) is 2.37. The topological polar surface area (TPSA) is 46.1 Å². The third-order valence-electron chi connectivity index (χ3n) is 4.22. The normalized spacial score (nSPS) is 25.7. The number of hydrogen-bond acceptors (Lipinski definition) is 5. The molecule has 2 aliphatic heterocycles. The van der Waals surface area contributed by atoms with Gasteiger partial charge in [-0.15, -0.1) is 0 Å². The Labute approximate surface area is 130 Å². The molecule has 20 heavy (non-hydrogen) atoms. The van der Waals surface area contributed by atoms with Crippen LogP contribution in [0.3, 0.4) is 0 Å². The van der Waals surface area contributed by atoms with Gasteiger partial charge in [0.1, 0.15) is 16.8 Å². The molecule has 4 rings (SSSR count). The SMILES string of the molecule is O=C1CC2CCC(C1)N2c1c(Cl)cc(Cl)c2nsnc12. The highest BCUT2D eigenvalue weighted by molar-refractivity contribution is 7.00. The van der Waals surface area contributed by atoms with Gasteiger partial charge in [-0.1, -0.05) is 23.2 Å². The first-order valence-electron chi connectivity index (χ1n) is 6.55. The van der Waals surface area contributed by atoms with Crippen molar-refractivity contribution in [2.24, 2.45) is 0 Å². The number of rotatable bonds is 1. The molecule has 0 amide bonds. The van der Waals surface area contributed by atoms with E-state index in [1.807, 2.05) is 0 Å². The average Bonchev–Trinajstić information content (AvgIpc) is 2.95. The molecule has 2 atom stereocenters. The standard InChI is InChI=1S/C13H11Cl2N3OS/c14-9-5-10(15)13(12-11(9)16-20-17-12)18-6-1-2-7(18)4-8(19)3-6/h5-7H,1-4H2. The van der Waals surface area contributed by atoms with Crippen molar-refractivity contribution in [1.82, 2.24) is 8.75 Å². The Morgan fingerprint density at radius 1 is 1.10 bits per heavy atom. The maximum absolute atomic E-state index is 11.7. The molecule has 2 saturated heterocycles. The van der Waals surface area contributed by atoms with Crippen molar-refractivity contribution >= 4 is 57.4 Å². The van der Waals surface area contributed by atoms with Crippen molar-refractivity contribution < 1.29 is 4.79 Å². The van der Waals surface area contributed by atoms with Crippen molar-refractivity contribution in [3.63, 3.8) is 0 Å². The highest BCUT2D eigenvalue weighted by Crippen LogP contribution is 2.45. The second-order valence-corrected chi connectivity index (χ2v) is 6.73. The molecule has 104 valence electrons. The van der Waals surface area contributed by atoms with Crippen LogP contribution in [0.5, 0.6) is 0 Å². The summed E-state index contributed by atoms with van der Waals surface area (Å²) in [4.78, 5) is 14.0. The number of ketones is 1. The number of fused-ring (bicyclic) bond motifs is 3. The molecule has 0 radical (unpaired) electrons. The molecule has 0 N–H and O–H groups in total. The molecule has 1 aromatic carbocycles. The van der Waals surface area contributed by atoms with E-state index in [2.05, 4.69) is 13.6 Å². The van der Waals surface area contributed by atoms with Crippen molar-refractivity contribution in [1.29, 1.82) is 0 Å². The summed E-state index contributed by atoms with van der Waals surface area (Å²) < 4.78 is 8.61. The van der Waals surface area contributed by atoms with E-state index in [0.717, 1.165) is 35.8 Å². The number of anilines is 1. The van der Waals surface area contributed by atoms with E-state index in [-0.39, 0.29) is 12.1 Å². The molecule has 0 aliphatic carbocycles. The Kier molecular flexibility index (Phi) is 2.91. The number of aromatic nitrogens is 2. The van der Waals surface area contributed by atoms with Gasteiger partial charge in [0.2, 0.25) is 0 Å². The average molecular weight is 328 g/mol. The maximum Gasteiger partial charge on any atom is 0.137 e. The second-order valence-electron chi connectivity index (χ2n) is 5.39. The van der Waals surface area contributed by atoms with Gasteiger partial charge in [-0.2, -0.15) is 8.75 Å². The Morgan fingerprint density at radius 2 is 1.75 bits per heavy atom. The summed E-state index contributed by atoms with van der Waals surface area (Å²) in [7, 11) is 0. The minimum absolute atomic E-state index is 0.241. The second kappa shape index (κ2) is 4.55. The zero-order valence-corrected chi connectivity index (χ0v) is 12.8. The smallest absolute Gasteiger partial charge is 0.137 e. The van der Waals surface area contributed by atoms with Crippen LogP contribution in [-0.4, -0.2) is 26.6 Å². The number of carbonyl (C=O) groups excluding carboxylic acids is 1. The van der Waals surface area contributed by atoms with Crippen LogP contribution in [0.4, 0.5) is 5.69 Å². The number of hydrogen-bond donors (Lipinski definition) is 0. The van der Waals surface area contributed by atoms with E-state index in [1.54, 1.807) is 6.07 Å². The van der Waals surface area contributed by atoms with Crippen LogP contribution in [0.1, 0.15) is 25.7 Å². The van der Waals surface area contributed by atoms with E-state index >= 15 is 0 Å². The molecular weight excluding hydrogens is 317 g/mol. The van der Waals surface area contributed by atoms with E-state index in [9.17, 15) is 4.79 Å². The van der Waals surface area contributed by atoms with E-state index < -0.39 is 0 Å². The lowest BCUT2D eigenvalue weighted by Crippen LogP contribution is -2.43. The number of Topliss-reactive ketones (excluding diaryl/α,β-unsaturated/α-hetero) is 1. The van der Waals surface area contributed by atoms with Gasteiger partial charge in [-0.3, -0.25) is 4.79 Å². The van der Waals surface area contributed by atoms with Gasteiger partial charge in [0.05, 0.1) is 27.5 Å². The van der Waals surface area contributed by atoms with Crippen LogP contribution in [0.25, 0.3) is 11.0 Å². The summed E-state index contributed by atoms with van der Waals surface area (Å²) in [6.45, 7) is 0. The monoisotopic (exact) mass is 327 g/mol. The lowest BCUT2D eigenvalue weighted by atomic mass is 10.00. The zero-order valence-electron chi connectivity index (χ0n) is 10.5. The van der Waals surface area contributed by atoms with E-state index in [4.69, 9.17) is 23.2 Å². The first kappa shape index (κ1) is 12.8. The summed E-state index contributed by atoms with van der Waals surface area (Å²) in [6, 6.07) is 2.22. The maximum atomic E-state index is 11.7. The minimum Gasteiger partial charge on any atom is -0.362 e. The number of piperidine rings is 1. The largest absolute Gasteiger partial charge is 0.362 e. The fourth-order valence-electron chi connectivity index (χ4n) is 3.44. The Balaban J connectivity index is 1.91. The molecule has 1 aromatic heterocycles. The molecule has 2 fully saturated rings. The van der Waals surface area contributed by atoms with E-state index in [0.29, 0.717) is 34.2 Å².